The van der Waals surface area contributed by atoms with E-state index in [0.29, 0.717) is 23.2 Å². The number of benzene rings is 2. The Hall–Kier alpha value is -3.65. The molecule has 0 unspecified atom stereocenters. The second-order valence-electron chi connectivity index (χ2n) is 10.3. The van der Waals surface area contributed by atoms with Gasteiger partial charge in [-0.25, -0.2) is 9.97 Å². The summed E-state index contributed by atoms with van der Waals surface area (Å²) >= 11 is 0. The van der Waals surface area contributed by atoms with Crippen LogP contribution in [0.15, 0.2) is 42.6 Å². The number of carbonyl (C=O) groups excluding carboxylic acids is 1. The highest BCUT2D eigenvalue weighted by molar-refractivity contribution is 5.96. The fourth-order valence-electron chi connectivity index (χ4n) is 5.63. The first-order chi connectivity index (χ1) is 17.9. The van der Waals surface area contributed by atoms with Gasteiger partial charge in [0.05, 0.1) is 17.1 Å². The molecule has 0 spiro atoms. The lowest BCUT2D eigenvalue weighted by Crippen LogP contribution is -2.47. The van der Waals surface area contributed by atoms with E-state index >= 15 is 0 Å². The van der Waals surface area contributed by atoms with E-state index in [2.05, 4.69) is 52.6 Å². The third-order valence-corrected chi connectivity index (χ3v) is 7.57. The van der Waals surface area contributed by atoms with Crippen molar-refractivity contribution in [3.8, 4) is 0 Å². The average Bonchev–Trinajstić information content (AvgIpc) is 3.10. The quantitative estimate of drug-likeness (QED) is 0.453. The Bertz CT molecular complexity index is 1260. The van der Waals surface area contributed by atoms with E-state index in [1.165, 1.54) is 16.7 Å². The SMILES string of the molecule is CNc1ccc(C(=O)N2CCC(N3CCc4cnc(Nc5cc(C)cc(C)c5)nc4CC3)CC2)cc1N. The molecule has 4 N–H and O–H groups in total. The normalized spacial score (nSPS) is 16.7. The molecule has 8 heteroatoms. The maximum atomic E-state index is 13.1. The van der Waals surface area contributed by atoms with Gasteiger partial charge in [0.1, 0.15) is 0 Å². The van der Waals surface area contributed by atoms with Gasteiger partial charge in [-0.05, 0) is 80.1 Å². The minimum Gasteiger partial charge on any atom is -0.397 e. The summed E-state index contributed by atoms with van der Waals surface area (Å²) in [5.41, 5.74) is 14.0. The van der Waals surface area contributed by atoms with Crippen molar-refractivity contribution in [3.63, 3.8) is 0 Å². The van der Waals surface area contributed by atoms with Crippen LogP contribution in [0.1, 0.15) is 45.6 Å². The first-order valence-corrected chi connectivity index (χ1v) is 13.2. The van der Waals surface area contributed by atoms with Crippen molar-refractivity contribution in [1.29, 1.82) is 0 Å². The smallest absolute Gasteiger partial charge is 0.253 e. The van der Waals surface area contributed by atoms with Crippen molar-refractivity contribution in [1.82, 2.24) is 19.8 Å². The second kappa shape index (κ2) is 10.8. The van der Waals surface area contributed by atoms with Crippen LogP contribution in [0, 0.1) is 13.8 Å². The highest BCUT2D eigenvalue weighted by Crippen LogP contribution is 2.25. The Balaban J connectivity index is 1.17. The molecule has 0 atom stereocenters. The van der Waals surface area contributed by atoms with Crippen molar-refractivity contribution in [2.45, 2.75) is 45.6 Å². The number of piperidine rings is 1. The van der Waals surface area contributed by atoms with Crippen LogP contribution in [-0.4, -0.2) is 64.9 Å². The number of likely N-dealkylation sites (tertiary alicyclic amines) is 1. The van der Waals surface area contributed by atoms with Gasteiger partial charge in [0, 0.05) is 63.1 Å². The number of nitrogens with zero attached hydrogens (tertiary/aromatic N) is 4. The number of anilines is 4. The van der Waals surface area contributed by atoms with Gasteiger partial charge in [-0.1, -0.05) is 6.07 Å². The van der Waals surface area contributed by atoms with Gasteiger partial charge in [0.15, 0.2) is 0 Å². The summed E-state index contributed by atoms with van der Waals surface area (Å²) in [4.78, 5) is 27.1. The fraction of sp³-hybridized carbons (Fsp3) is 0.414. The molecule has 0 radical (unpaired) electrons. The van der Waals surface area contributed by atoms with Gasteiger partial charge in [0.2, 0.25) is 5.95 Å². The van der Waals surface area contributed by atoms with Crippen molar-refractivity contribution < 1.29 is 4.79 Å². The number of amides is 1. The van der Waals surface area contributed by atoms with Crippen LogP contribution in [0.3, 0.4) is 0 Å². The zero-order valence-corrected chi connectivity index (χ0v) is 22.1. The van der Waals surface area contributed by atoms with Gasteiger partial charge in [-0.3, -0.25) is 9.69 Å². The van der Waals surface area contributed by atoms with E-state index in [4.69, 9.17) is 10.7 Å². The number of hydrogen-bond donors (Lipinski definition) is 3. The first kappa shape index (κ1) is 25.0. The number of aromatic nitrogens is 2. The summed E-state index contributed by atoms with van der Waals surface area (Å²) in [6.07, 6.45) is 5.82. The highest BCUT2D eigenvalue weighted by atomic mass is 16.2. The number of carbonyl (C=O) groups is 1. The van der Waals surface area contributed by atoms with Crippen LogP contribution in [0.4, 0.5) is 23.0 Å². The molecular weight excluding hydrogens is 462 g/mol. The van der Waals surface area contributed by atoms with Gasteiger partial charge < -0.3 is 21.3 Å². The van der Waals surface area contributed by atoms with Crippen LogP contribution in [0.2, 0.25) is 0 Å². The van der Waals surface area contributed by atoms with Crippen LogP contribution in [0.5, 0.6) is 0 Å². The molecule has 2 aliphatic rings. The van der Waals surface area contributed by atoms with E-state index in [-0.39, 0.29) is 5.91 Å². The Labute approximate surface area is 219 Å². The Morgan fingerprint density at radius 1 is 1.00 bits per heavy atom. The molecular formula is C29H37N7O. The van der Waals surface area contributed by atoms with Gasteiger partial charge in [0.25, 0.3) is 5.91 Å². The van der Waals surface area contributed by atoms with Crippen molar-refractivity contribution in [2.75, 3.05) is 49.6 Å². The Morgan fingerprint density at radius 2 is 1.73 bits per heavy atom. The third kappa shape index (κ3) is 5.69. The average molecular weight is 500 g/mol. The summed E-state index contributed by atoms with van der Waals surface area (Å²) in [5.74, 6) is 0.725. The predicted octanol–water partition coefficient (Wildman–Crippen LogP) is 4.17. The van der Waals surface area contributed by atoms with Crippen molar-refractivity contribution in [3.05, 3.63) is 70.5 Å². The molecule has 1 amide bonds. The van der Waals surface area contributed by atoms with E-state index in [1.54, 1.807) is 6.07 Å². The zero-order chi connectivity index (χ0) is 25.9. The number of hydrogen-bond acceptors (Lipinski definition) is 7. The summed E-state index contributed by atoms with van der Waals surface area (Å²) in [7, 11) is 1.83. The van der Waals surface area contributed by atoms with E-state index in [9.17, 15) is 4.79 Å². The van der Waals surface area contributed by atoms with Crippen molar-refractivity contribution >= 4 is 28.9 Å². The molecule has 37 heavy (non-hydrogen) atoms. The summed E-state index contributed by atoms with van der Waals surface area (Å²) < 4.78 is 0. The molecule has 3 heterocycles. The van der Waals surface area contributed by atoms with Gasteiger partial charge >= 0.3 is 0 Å². The Kier molecular flexibility index (Phi) is 7.28. The molecule has 3 aromatic rings. The Morgan fingerprint density at radius 3 is 2.43 bits per heavy atom. The molecule has 194 valence electrons. The minimum atomic E-state index is 0.0650. The van der Waals surface area contributed by atoms with E-state index in [0.717, 1.165) is 68.9 Å². The molecule has 5 rings (SSSR count). The maximum absolute atomic E-state index is 13.1. The lowest BCUT2D eigenvalue weighted by atomic mass is 10.0. The second-order valence-corrected chi connectivity index (χ2v) is 10.3. The lowest BCUT2D eigenvalue weighted by Gasteiger charge is -2.38. The number of nitrogens with one attached hydrogen (secondary N) is 2. The van der Waals surface area contributed by atoms with Crippen molar-refractivity contribution in [2.24, 2.45) is 0 Å². The fourth-order valence-corrected chi connectivity index (χ4v) is 5.63. The first-order valence-electron chi connectivity index (χ1n) is 13.2. The van der Waals surface area contributed by atoms with Crippen LogP contribution in [0.25, 0.3) is 0 Å². The molecule has 2 aliphatic heterocycles. The summed E-state index contributed by atoms with van der Waals surface area (Å²) in [6, 6.07) is 12.4. The van der Waals surface area contributed by atoms with Gasteiger partial charge in [-0.15, -0.1) is 0 Å². The number of aryl methyl sites for hydroxylation is 2. The standard InChI is InChI=1S/C29H37N7O/c1-19-14-20(2)16-23(15-19)33-29-32-18-22-6-10-35(13-9-26(22)34-29)24-7-11-36(12-8-24)28(37)21-4-5-27(31-3)25(30)17-21/h4-5,14-18,24,31H,6-13,30H2,1-3H3,(H,32,33,34). The zero-order valence-electron chi connectivity index (χ0n) is 22.1. The van der Waals surface area contributed by atoms with Crippen LogP contribution < -0.4 is 16.4 Å². The van der Waals surface area contributed by atoms with Crippen LogP contribution in [-0.2, 0) is 12.8 Å². The molecule has 0 saturated carbocycles. The van der Waals surface area contributed by atoms with E-state index < -0.39 is 0 Å². The largest absolute Gasteiger partial charge is 0.397 e. The number of fused-ring (bicyclic) bond motifs is 1. The van der Waals surface area contributed by atoms with Gasteiger partial charge in [-0.2, -0.15) is 0 Å². The monoisotopic (exact) mass is 499 g/mol. The van der Waals surface area contributed by atoms with E-state index in [1.807, 2.05) is 30.3 Å². The molecule has 2 aromatic carbocycles. The molecule has 1 fully saturated rings. The topological polar surface area (TPSA) is 99.4 Å². The summed E-state index contributed by atoms with van der Waals surface area (Å²) in [5, 5.41) is 6.43. The molecule has 8 nitrogen and oxygen atoms in total. The number of nitrogens with two attached hydrogens (primary N) is 1. The number of nitrogen functional groups attached to an aromatic ring is 1. The molecule has 0 bridgehead atoms. The number of rotatable bonds is 5. The molecule has 1 aromatic heterocycles. The molecule has 1 saturated heterocycles. The minimum absolute atomic E-state index is 0.0650. The molecule has 0 aliphatic carbocycles. The third-order valence-electron chi connectivity index (χ3n) is 7.57. The van der Waals surface area contributed by atoms with Crippen LogP contribution >= 0.6 is 0 Å². The predicted molar refractivity (Wildman–Crippen MR) is 150 cm³/mol. The lowest BCUT2D eigenvalue weighted by molar-refractivity contribution is 0.0624. The maximum Gasteiger partial charge on any atom is 0.253 e. The highest BCUT2D eigenvalue weighted by Gasteiger charge is 2.29. The summed E-state index contributed by atoms with van der Waals surface area (Å²) in [6.45, 7) is 7.72.